The first kappa shape index (κ1) is 25.0. The van der Waals surface area contributed by atoms with Gasteiger partial charge in [-0.1, -0.05) is 23.5 Å². The third kappa shape index (κ3) is 6.95. The molecule has 3 aromatic rings. The van der Waals surface area contributed by atoms with Crippen molar-refractivity contribution in [1.29, 1.82) is 0 Å². The molecule has 0 radical (unpaired) electrons. The third-order valence-electron chi connectivity index (χ3n) is 5.89. The van der Waals surface area contributed by atoms with E-state index in [4.69, 9.17) is 4.74 Å². The second-order valence-corrected chi connectivity index (χ2v) is 9.36. The van der Waals surface area contributed by atoms with E-state index in [1.54, 1.807) is 6.20 Å². The zero-order valence-electron chi connectivity index (χ0n) is 18.9. The van der Waals surface area contributed by atoms with Crippen molar-refractivity contribution in [3.63, 3.8) is 0 Å². The largest absolute Gasteiger partial charge is 0.573 e. The number of ether oxygens (including phenoxy) is 2. The summed E-state index contributed by atoms with van der Waals surface area (Å²) in [5.74, 6) is -0.0985. The lowest BCUT2D eigenvalue weighted by atomic mass is 9.79. The SMILES string of the molecule is CO[C@@H](C(=O)Nc1nnc(CC2CCC(c3cccnn3)CC2)s1)c1cccc(OC(F)(F)F)c1. The number of benzene rings is 1. The van der Waals surface area contributed by atoms with E-state index in [2.05, 4.69) is 30.4 Å². The molecule has 0 bridgehead atoms. The molecule has 1 atom stereocenters. The predicted molar refractivity (Wildman–Crippen MR) is 122 cm³/mol. The fourth-order valence-corrected chi connectivity index (χ4v) is 5.12. The predicted octanol–water partition coefficient (Wildman–Crippen LogP) is 5.07. The van der Waals surface area contributed by atoms with Crippen LogP contribution in [0.5, 0.6) is 5.75 Å². The van der Waals surface area contributed by atoms with Gasteiger partial charge in [0.25, 0.3) is 5.91 Å². The van der Waals surface area contributed by atoms with Gasteiger partial charge >= 0.3 is 6.36 Å². The highest BCUT2D eigenvalue weighted by Crippen LogP contribution is 2.37. The van der Waals surface area contributed by atoms with Gasteiger partial charge < -0.3 is 9.47 Å². The number of halogens is 3. The van der Waals surface area contributed by atoms with E-state index in [0.717, 1.165) is 54.9 Å². The summed E-state index contributed by atoms with van der Waals surface area (Å²) < 4.78 is 46.7. The van der Waals surface area contributed by atoms with Crippen LogP contribution in [0.3, 0.4) is 0 Å². The Kier molecular flexibility index (Phi) is 7.91. The summed E-state index contributed by atoms with van der Waals surface area (Å²) >= 11 is 1.28. The van der Waals surface area contributed by atoms with Gasteiger partial charge in [0.05, 0.1) is 5.69 Å². The van der Waals surface area contributed by atoms with Gasteiger partial charge in [-0.15, -0.1) is 23.4 Å². The number of nitrogens with one attached hydrogen (secondary N) is 1. The molecule has 8 nitrogen and oxygen atoms in total. The van der Waals surface area contributed by atoms with Gasteiger partial charge in [-0.05, 0) is 61.4 Å². The van der Waals surface area contributed by atoms with Gasteiger partial charge in [0, 0.05) is 25.6 Å². The second-order valence-electron chi connectivity index (χ2n) is 8.30. The van der Waals surface area contributed by atoms with Gasteiger partial charge in [-0.25, -0.2) is 0 Å². The third-order valence-corrected chi connectivity index (χ3v) is 6.75. The number of aromatic nitrogens is 4. The lowest BCUT2D eigenvalue weighted by Gasteiger charge is -2.27. The molecule has 0 unspecified atom stereocenters. The van der Waals surface area contributed by atoms with Crippen molar-refractivity contribution < 1.29 is 27.4 Å². The van der Waals surface area contributed by atoms with Crippen LogP contribution in [0.2, 0.25) is 0 Å². The molecule has 1 fully saturated rings. The van der Waals surface area contributed by atoms with Crippen LogP contribution in [0.15, 0.2) is 42.6 Å². The molecule has 1 aliphatic rings. The molecule has 4 rings (SSSR count). The van der Waals surface area contributed by atoms with Crippen molar-refractivity contribution >= 4 is 22.4 Å². The first-order valence-electron chi connectivity index (χ1n) is 11.1. The normalized spacial score (nSPS) is 19.2. The quantitative estimate of drug-likeness (QED) is 0.455. The van der Waals surface area contributed by atoms with Crippen molar-refractivity contribution in [3.05, 3.63) is 58.9 Å². The number of rotatable bonds is 8. The molecule has 1 aromatic carbocycles. The first-order chi connectivity index (χ1) is 16.8. The Bertz CT molecular complexity index is 1120. The van der Waals surface area contributed by atoms with E-state index in [1.807, 2.05) is 12.1 Å². The van der Waals surface area contributed by atoms with Gasteiger partial charge in [-0.2, -0.15) is 10.2 Å². The van der Waals surface area contributed by atoms with E-state index < -0.39 is 24.1 Å². The minimum absolute atomic E-state index is 0.219. The number of alkyl halides is 3. The van der Waals surface area contributed by atoms with Crippen molar-refractivity contribution in [3.8, 4) is 5.75 Å². The van der Waals surface area contributed by atoms with E-state index in [1.165, 1.54) is 30.6 Å². The number of nitrogens with zero attached hydrogens (tertiary/aromatic N) is 4. The summed E-state index contributed by atoms with van der Waals surface area (Å²) in [4.78, 5) is 12.7. The van der Waals surface area contributed by atoms with Crippen LogP contribution in [0.1, 0.15) is 54.0 Å². The van der Waals surface area contributed by atoms with Crippen LogP contribution in [0, 0.1) is 5.92 Å². The summed E-state index contributed by atoms with van der Waals surface area (Å²) in [5.41, 5.74) is 1.26. The average molecular weight is 508 g/mol. The van der Waals surface area contributed by atoms with Gasteiger partial charge in [0.1, 0.15) is 10.8 Å². The Balaban J connectivity index is 1.32. The summed E-state index contributed by atoms with van der Waals surface area (Å²) in [6.07, 6.45) is 0.642. The summed E-state index contributed by atoms with van der Waals surface area (Å²) in [7, 11) is 1.30. The maximum absolute atomic E-state index is 12.7. The minimum atomic E-state index is -4.83. The molecule has 1 N–H and O–H groups in total. The van der Waals surface area contributed by atoms with E-state index in [-0.39, 0.29) is 5.56 Å². The van der Waals surface area contributed by atoms with E-state index in [0.29, 0.717) is 17.0 Å². The minimum Gasteiger partial charge on any atom is -0.406 e. The molecule has 1 saturated carbocycles. The maximum Gasteiger partial charge on any atom is 0.573 e. The Morgan fingerprint density at radius 3 is 2.63 bits per heavy atom. The fourth-order valence-electron chi connectivity index (χ4n) is 4.27. The van der Waals surface area contributed by atoms with Gasteiger partial charge in [-0.3, -0.25) is 10.1 Å². The molecule has 186 valence electrons. The van der Waals surface area contributed by atoms with E-state index >= 15 is 0 Å². The highest BCUT2D eigenvalue weighted by molar-refractivity contribution is 7.15. The van der Waals surface area contributed by atoms with Crippen molar-refractivity contribution in [2.75, 3.05) is 12.4 Å². The van der Waals surface area contributed by atoms with Crippen LogP contribution in [0.4, 0.5) is 18.3 Å². The smallest absolute Gasteiger partial charge is 0.406 e. The molecule has 35 heavy (non-hydrogen) atoms. The highest BCUT2D eigenvalue weighted by atomic mass is 32.1. The lowest BCUT2D eigenvalue weighted by molar-refractivity contribution is -0.274. The Morgan fingerprint density at radius 2 is 1.94 bits per heavy atom. The van der Waals surface area contributed by atoms with Crippen LogP contribution >= 0.6 is 11.3 Å². The molecular weight excluding hydrogens is 483 g/mol. The second kappa shape index (κ2) is 11.1. The summed E-state index contributed by atoms with van der Waals surface area (Å²) in [6.45, 7) is 0. The molecule has 12 heteroatoms. The van der Waals surface area contributed by atoms with Crippen LogP contribution in [0.25, 0.3) is 0 Å². The Morgan fingerprint density at radius 1 is 1.14 bits per heavy atom. The molecule has 0 spiro atoms. The van der Waals surface area contributed by atoms with E-state index in [9.17, 15) is 18.0 Å². The molecule has 0 saturated heterocycles. The standard InChI is InChI=1S/C23H24F3N5O3S/c1-33-20(16-4-2-5-17(13-16)34-23(24,25)26)21(32)28-22-31-30-19(35-22)12-14-7-9-15(10-8-14)18-6-3-11-27-29-18/h2-6,11,13-15,20H,7-10,12H2,1H3,(H,28,31,32)/t14?,15?,20-/m1/s1. The maximum atomic E-state index is 12.7. The Hall–Kier alpha value is -3.12. The molecule has 1 aliphatic carbocycles. The van der Waals surface area contributed by atoms with Crippen molar-refractivity contribution in [1.82, 2.24) is 20.4 Å². The number of anilines is 1. The molecule has 1 amide bonds. The highest BCUT2D eigenvalue weighted by Gasteiger charge is 2.32. The average Bonchev–Trinajstić information content (AvgIpc) is 3.26. The Labute approximate surface area is 203 Å². The van der Waals surface area contributed by atoms with Crippen molar-refractivity contribution in [2.45, 2.75) is 50.5 Å². The molecule has 2 heterocycles. The van der Waals surface area contributed by atoms with Gasteiger partial charge in [0.2, 0.25) is 5.13 Å². The number of hydrogen-bond acceptors (Lipinski definition) is 8. The number of carbonyl (C=O) groups excluding carboxylic acids is 1. The monoisotopic (exact) mass is 507 g/mol. The van der Waals surface area contributed by atoms with Crippen molar-refractivity contribution in [2.24, 2.45) is 5.92 Å². The summed E-state index contributed by atoms with van der Waals surface area (Å²) in [5, 5.41) is 20.2. The van der Waals surface area contributed by atoms with Crippen LogP contribution in [-0.2, 0) is 16.0 Å². The molecule has 2 aromatic heterocycles. The number of amides is 1. The molecule has 0 aliphatic heterocycles. The number of carbonyl (C=O) groups is 1. The molecular formula is C23H24F3N5O3S. The fraction of sp³-hybridized carbons (Fsp3) is 0.435. The number of methoxy groups -OCH3 is 1. The lowest BCUT2D eigenvalue weighted by Crippen LogP contribution is -2.23. The zero-order valence-corrected chi connectivity index (χ0v) is 19.7. The number of hydrogen-bond donors (Lipinski definition) is 1. The summed E-state index contributed by atoms with van der Waals surface area (Å²) in [6, 6.07) is 9.04. The first-order valence-corrected chi connectivity index (χ1v) is 11.9. The van der Waals surface area contributed by atoms with Crippen LogP contribution < -0.4 is 10.1 Å². The zero-order chi connectivity index (χ0) is 24.8. The van der Waals surface area contributed by atoms with Gasteiger partial charge in [0.15, 0.2) is 6.10 Å². The topological polar surface area (TPSA) is 99.1 Å². The van der Waals surface area contributed by atoms with Crippen LogP contribution in [-0.4, -0.2) is 39.8 Å².